The van der Waals surface area contributed by atoms with E-state index in [9.17, 15) is 8.42 Å². The molecule has 0 bridgehead atoms. The van der Waals surface area contributed by atoms with Crippen LogP contribution in [0.2, 0.25) is 0 Å². The Labute approximate surface area is 129 Å². The number of nitrogens with two attached hydrogens (primary N) is 1. The van der Waals surface area contributed by atoms with Gasteiger partial charge in [-0.2, -0.15) is 0 Å². The minimum absolute atomic E-state index is 0.155. The minimum Gasteiger partial charge on any atom is -0.365 e. The first-order chi connectivity index (χ1) is 10.0. The number of primary sulfonamides is 1. The number of rotatable bonds is 5. The van der Waals surface area contributed by atoms with Crippen LogP contribution >= 0.6 is 11.8 Å². The Kier molecular flexibility index (Phi) is 4.24. The molecule has 5 nitrogen and oxygen atoms in total. The van der Waals surface area contributed by atoms with Gasteiger partial charge < -0.3 is 5.32 Å². The van der Waals surface area contributed by atoms with E-state index < -0.39 is 10.0 Å². The van der Waals surface area contributed by atoms with Gasteiger partial charge in [0.1, 0.15) is 0 Å². The number of hydrogen-bond acceptors (Lipinski definition) is 5. The zero-order chi connectivity index (χ0) is 14.9. The second-order valence-electron chi connectivity index (χ2n) is 5.51. The van der Waals surface area contributed by atoms with E-state index in [1.807, 2.05) is 11.8 Å². The highest BCUT2D eigenvalue weighted by atomic mass is 32.2. The topological polar surface area (TPSA) is 84.5 Å². The summed E-state index contributed by atoms with van der Waals surface area (Å²) in [5.41, 5.74) is 1.08. The molecule has 1 fully saturated rings. The van der Waals surface area contributed by atoms with Gasteiger partial charge in [-0.1, -0.05) is 23.9 Å². The maximum atomic E-state index is 11.2. The van der Waals surface area contributed by atoms with Crippen LogP contribution in [-0.2, 0) is 16.4 Å². The summed E-state index contributed by atoms with van der Waals surface area (Å²) >= 11 is 1.87. The molecule has 0 saturated heterocycles. The zero-order valence-electron chi connectivity index (χ0n) is 11.7. The Hall–Kier alpha value is -1.05. The van der Waals surface area contributed by atoms with Gasteiger partial charge in [0.05, 0.1) is 11.4 Å². The number of benzene rings is 1. The van der Waals surface area contributed by atoms with Crippen LogP contribution in [-0.4, -0.2) is 31.9 Å². The van der Waals surface area contributed by atoms with Crippen molar-refractivity contribution in [3.05, 3.63) is 29.8 Å². The van der Waals surface area contributed by atoms with Gasteiger partial charge in [-0.05, 0) is 42.9 Å². The second-order valence-corrected chi connectivity index (χ2v) is 8.29. The monoisotopic (exact) mass is 325 g/mol. The van der Waals surface area contributed by atoms with Crippen LogP contribution in [0.3, 0.4) is 0 Å². The lowest BCUT2D eigenvalue weighted by molar-refractivity contribution is 0.598. The molecule has 3 N–H and O–H groups in total. The van der Waals surface area contributed by atoms with E-state index >= 15 is 0 Å². The molecule has 0 amide bonds. The van der Waals surface area contributed by atoms with Gasteiger partial charge in [0.15, 0.2) is 5.17 Å². The second kappa shape index (κ2) is 5.98. The maximum absolute atomic E-state index is 11.2. The third-order valence-corrected chi connectivity index (χ3v) is 6.03. The molecule has 1 heterocycles. The molecule has 1 aromatic carbocycles. The fourth-order valence-electron chi connectivity index (χ4n) is 2.36. The van der Waals surface area contributed by atoms with E-state index in [-0.39, 0.29) is 4.90 Å². The number of hydrogen-bond donors (Lipinski definition) is 2. The van der Waals surface area contributed by atoms with Gasteiger partial charge in [0.25, 0.3) is 0 Å². The van der Waals surface area contributed by atoms with E-state index in [1.54, 1.807) is 24.3 Å². The molecular formula is C14H19N3O2S2. The Bertz CT molecular complexity index is 637. The van der Waals surface area contributed by atoms with Crippen LogP contribution < -0.4 is 10.5 Å². The summed E-state index contributed by atoms with van der Waals surface area (Å²) in [6, 6.07) is 6.71. The first-order valence-corrected chi connectivity index (χ1v) is 9.52. The number of aliphatic imine (C=N–C) groups is 1. The quantitative estimate of drug-likeness (QED) is 0.856. The van der Waals surface area contributed by atoms with Gasteiger partial charge in [0, 0.05) is 11.8 Å². The fourth-order valence-corrected chi connectivity index (χ4v) is 4.11. The van der Waals surface area contributed by atoms with Gasteiger partial charge >= 0.3 is 0 Å². The van der Waals surface area contributed by atoms with Gasteiger partial charge in [-0.25, -0.2) is 13.6 Å². The first-order valence-electron chi connectivity index (χ1n) is 7.09. The van der Waals surface area contributed by atoms with Crippen molar-refractivity contribution in [3.8, 4) is 0 Å². The SMILES string of the molecule is NS(=O)(=O)c1ccc(CCNC2=NCC(C3CC3)S2)cc1. The van der Waals surface area contributed by atoms with Crippen molar-refractivity contribution >= 4 is 27.0 Å². The molecule has 1 aliphatic heterocycles. The van der Waals surface area contributed by atoms with E-state index in [0.717, 1.165) is 36.2 Å². The van der Waals surface area contributed by atoms with Crippen LogP contribution in [0, 0.1) is 5.92 Å². The minimum atomic E-state index is -3.60. The lowest BCUT2D eigenvalue weighted by Gasteiger charge is -2.08. The molecule has 0 spiro atoms. The molecule has 1 atom stereocenters. The summed E-state index contributed by atoms with van der Waals surface area (Å²) in [6.07, 6.45) is 3.55. The Morgan fingerprint density at radius 3 is 2.62 bits per heavy atom. The van der Waals surface area contributed by atoms with Crippen LogP contribution in [0.4, 0.5) is 0 Å². The van der Waals surface area contributed by atoms with Crippen molar-refractivity contribution in [1.82, 2.24) is 5.32 Å². The highest BCUT2D eigenvalue weighted by Crippen LogP contribution is 2.41. The number of nitrogens with zero attached hydrogens (tertiary/aromatic N) is 1. The molecule has 0 aromatic heterocycles. The molecule has 1 aliphatic carbocycles. The number of thioether (sulfide) groups is 1. The molecular weight excluding hydrogens is 306 g/mol. The van der Waals surface area contributed by atoms with Crippen LogP contribution in [0.15, 0.2) is 34.2 Å². The molecule has 3 rings (SSSR count). The molecule has 21 heavy (non-hydrogen) atoms. The zero-order valence-corrected chi connectivity index (χ0v) is 13.3. The Balaban J connectivity index is 1.45. The highest BCUT2D eigenvalue weighted by molar-refractivity contribution is 8.14. The maximum Gasteiger partial charge on any atom is 0.238 e. The van der Waals surface area contributed by atoms with E-state index in [1.165, 1.54) is 12.8 Å². The number of nitrogens with one attached hydrogen (secondary N) is 1. The van der Waals surface area contributed by atoms with Gasteiger partial charge in [-0.3, -0.25) is 4.99 Å². The molecule has 2 aliphatic rings. The molecule has 7 heteroatoms. The fraction of sp³-hybridized carbons (Fsp3) is 0.500. The van der Waals surface area contributed by atoms with E-state index in [0.29, 0.717) is 5.25 Å². The van der Waals surface area contributed by atoms with E-state index in [4.69, 9.17) is 5.14 Å². The van der Waals surface area contributed by atoms with Crippen molar-refractivity contribution in [2.45, 2.75) is 29.4 Å². The van der Waals surface area contributed by atoms with E-state index in [2.05, 4.69) is 10.3 Å². The van der Waals surface area contributed by atoms with Crippen LogP contribution in [0.1, 0.15) is 18.4 Å². The summed E-state index contributed by atoms with van der Waals surface area (Å²) < 4.78 is 22.3. The average molecular weight is 325 g/mol. The van der Waals surface area contributed by atoms with Crippen molar-refractivity contribution in [2.24, 2.45) is 16.0 Å². The number of sulfonamides is 1. The molecule has 114 valence electrons. The smallest absolute Gasteiger partial charge is 0.238 e. The molecule has 0 radical (unpaired) electrons. The summed E-state index contributed by atoms with van der Waals surface area (Å²) in [7, 11) is -3.60. The van der Waals surface area contributed by atoms with Crippen molar-refractivity contribution < 1.29 is 8.42 Å². The third-order valence-electron chi connectivity index (χ3n) is 3.77. The number of amidine groups is 1. The summed E-state index contributed by atoms with van der Waals surface area (Å²) in [6.45, 7) is 1.75. The predicted octanol–water partition coefficient (Wildman–Crippen LogP) is 1.35. The summed E-state index contributed by atoms with van der Waals surface area (Å²) in [5, 5.41) is 10.2. The van der Waals surface area contributed by atoms with Crippen molar-refractivity contribution in [2.75, 3.05) is 13.1 Å². The normalized spacial score (nSPS) is 22.1. The van der Waals surface area contributed by atoms with Gasteiger partial charge in [-0.15, -0.1) is 0 Å². The Morgan fingerprint density at radius 2 is 2.00 bits per heavy atom. The van der Waals surface area contributed by atoms with Crippen LogP contribution in [0.25, 0.3) is 0 Å². The van der Waals surface area contributed by atoms with Crippen LogP contribution in [0.5, 0.6) is 0 Å². The van der Waals surface area contributed by atoms with Gasteiger partial charge in [0.2, 0.25) is 10.0 Å². The molecule has 1 unspecified atom stereocenters. The first kappa shape index (κ1) is 14.9. The Morgan fingerprint density at radius 1 is 1.29 bits per heavy atom. The summed E-state index contributed by atoms with van der Waals surface area (Å²) in [5.74, 6) is 0.879. The third kappa shape index (κ3) is 3.99. The predicted molar refractivity (Wildman–Crippen MR) is 85.9 cm³/mol. The highest BCUT2D eigenvalue weighted by Gasteiger charge is 2.35. The lowest BCUT2D eigenvalue weighted by atomic mass is 10.1. The molecule has 1 saturated carbocycles. The van der Waals surface area contributed by atoms with Crippen molar-refractivity contribution in [3.63, 3.8) is 0 Å². The molecule has 1 aromatic rings. The van der Waals surface area contributed by atoms with Crippen molar-refractivity contribution in [1.29, 1.82) is 0 Å². The lowest BCUT2D eigenvalue weighted by Crippen LogP contribution is -2.22. The largest absolute Gasteiger partial charge is 0.365 e. The standard InChI is InChI=1S/C14H19N3O2S2/c15-21(18,19)12-5-1-10(2-6-12)7-8-16-14-17-9-13(20-14)11-3-4-11/h1-2,5-6,11,13H,3-4,7-9H2,(H,16,17)(H2,15,18,19). The average Bonchev–Trinajstić information content (AvgIpc) is 3.19. The summed E-state index contributed by atoms with van der Waals surface area (Å²) in [4.78, 5) is 4.68.